The van der Waals surface area contributed by atoms with Gasteiger partial charge in [-0.3, -0.25) is 14.6 Å². The molecule has 1 fully saturated rings. The number of carbonyl (C=O) groups excluding carboxylic acids is 2. The Bertz CT molecular complexity index is 1190. The van der Waals surface area contributed by atoms with Crippen LogP contribution < -0.4 is 15.1 Å². The second-order valence-corrected chi connectivity index (χ2v) is 7.33. The van der Waals surface area contributed by atoms with Crippen LogP contribution in [-0.4, -0.2) is 46.1 Å². The highest BCUT2D eigenvalue weighted by molar-refractivity contribution is 6.07. The van der Waals surface area contributed by atoms with Crippen molar-refractivity contribution in [3.63, 3.8) is 0 Å². The predicted molar refractivity (Wildman–Crippen MR) is 108 cm³/mol. The Morgan fingerprint density at radius 2 is 1.97 bits per heavy atom. The van der Waals surface area contributed by atoms with Gasteiger partial charge in [0.05, 0.1) is 5.56 Å². The average molecular weight is 432 g/mol. The van der Waals surface area contributed by atoms with Crippen molar-refractivity contribution in [1.82, 2.24) is 19.9 Å². The molecule has 0 radical (unpaired) electrons. The van der Waals surface area contributed by atoms with E-state index in [-0.39, 0.29) is 18.1 Å². The number of amides is 3. The zero-order valence-corrected chi connectivity index (χ0v) is 16.9. The van der Waals surface area contributed by atoms with Crippen LogP contribution in [0.5, 0.6) is 0 Å². The number of alkyl halides is 3. The van der Waals surface area contributed by atoms with E-state index in [1.54, 1.807) is 10.6 Å². The van der Waals surface area contributed by atoms with Gasteiger partial charge in [0.1, 0.15) is 23.3 Å². The first-order valence-electron chi connectivity index (χ1n) is 9.39. The first kappa shape index (κ1) is 20.6. The molecule has 1 atom stereocenters. The molecule has 11 heteroatoms. The number of rotatable bonds is 3. The first-order chi connectivity index (χ1) is 14.6. The molecule has 0 bridgehead atoms. The molecule has 0 saturated carbocycles. The van der Waals surface area contributed by atoms with Crippen molar-refractivity contribution < 1.29 is 22.8 Å². The molecule has 4 rings (SSSR count). The van der Waals surface area contributed by atoms with Crippen molar-refractivity contribution in [3.05, 3.63) is 47.8 Å². The van der Waals surface area contributed by atoms with E-state index in [4.69, 9.17) is 0 Å². The van der Waals surface area contributed by atoms with Crippen molar-refractivity contribution in [3.8, 4) is 0 Å². The maximum atomic E-state index is 13.2. The zero-order valence-electron chi connectivity index (χ0n) is 16.9. The number of urea groups is 1. The molecule has 0 aromatic carbocycles. The third-order valence-electron chi connectivity index (χ3n) is 5.15. The molecule has 162 valence electrons. The second kappa shape index (κ2) is 7.25. The number of nitrogens with zero attached hydrogens (tertiary/aromatic N) is 5. The minimum absolute atomic E-state index is 0.0641. The predicted octanol–water partition coefficient (Wildman–Crippen LogP) is 2.86. The summed E-state index contributed by atoms with van der Waals surface area (Å²) < 4.78 is 41.5. The number of nitrogens with one attached hydrogen (secondary N) is 1. The van der Waals surface area contributed by atoms with Crippen LogP contribution in [-0.2, 0) is 18.0 Å². The molecule has 4 heterocycles. The van der Waals surface area contributed by atoms with Gasteiger partial charge in [-0.05, 0) is 37.3 Å². The fourth-order valence-electron chi connectivity index (χ4n) is 3.55. The minimum Gasteiger partial charge on any atom is -0.336 e. The second-order valence-electron chi connectivity index (χ2n) is 7.33. The van der Waals surface area contributed by atoms with Crippen LogP contribution in [0.25, 0.3) is 11.0 Å². The van der Waals surface area contributed by atoms with E-state index in [0.29, 0.717) is 11.5 Å². The van der Waals surface area contributed by atoms with Crippen LogP contribution in [0, 0.1) is 6.92 Å². The Labute approximate surface area is 175 Å². The highest BCUT2D eigenvalue weighted by Crippen LogP contribution is 2.33. The molecule has 0 aliphatic carbocycles. The maximum Gasteiger partial charge on any atom is 0.416 e. The van der Waals surface area contributed by atoms with E-state index in [0.717, 1.165) is 22.4 Å². The van der Waals surface area contributed by atoms with E-state index < -0.39 is 29.7 Å². The Morgan fingerprint density at radius 1 is 1.23 bits per heavy atom. The van der Waals surface area contributed by atoms with Crippen molar-refractivity contribution in [2.75, 3.05) is 23.4 Å². The molecule has 3 amide bonds. The number of carbonyl (C=O) groups is 2. The number of pyridine rings is 2. The number of aryl methyl sites for hydroxylation is 2. The Balaban J connectivity index is 1.68. The number of likely N-dealkylation sites (N-methyl/N-ethyl adjacent to an activating group) is 1. The number of anilines is 2. The van der Waals surface area contributed by atoms with E-state index >= 15 is 0 Å². The number of halogens is 3. The summed E-state index contributed by atoms with van der Waals surface area (Å²) in [4.78, 5) is 36.4. The molecular formula is C20H19F3N6O2. The first-order valence-corrected chi connectivity index (χ1v) is 9.39. The molecule has 31 heavy (non-hydrogen) atoms. The zero-order chi connectivity index (χ0) is 22.5. The molecule has 3 aromatic heterocycles. The summed E-state index contributed by atoms with van der Waals surface area (Å²) in [6.45, 7) is 1.33. The summed E-state index contributed by atoms with van der Waals surface area (Å²) in [5, 5.41) is 3.41. The van der Waals surface area contributed by atoms with Crippen LogP contribution in [0.1, 0.15) is 11.3 Å². The summed E-state index contributed by atoms with van der Waals surface area (Å²) >= 11 is 0. The van der Waals surface area contributed by atoms with Crippen molar-refractivity contribution in [1.29, 1.82) is 0 Å². The van der Waals surface area contributed by atoms with Crippen molar-refractivity contribution >= 4 is 34.6 Å². The number of hydrogen-bond acceptors (Lipinski definition) is 4. The van der Waals surface area contributed by atoms with E-state index in [2.05, 4.69) is 15.3 Å². The lowest BCUT2D eigenvalue weighted by atomic mass is 10.2. The molecule has 1 saturated heterocycles. The van der Waals surface area contributed by atoms with Gasteiger partial charge in [0.2, 0.25) is 0 Å². The molecule has 8 nitrogen and oxygen atoms in total. The quantitative estimate of drug-likeness (QED) is 0.690. The van der Waals surface area contributed by atoms with E-state index in [1.165, 1.54) is 18.9 Å². The summed E-state index contributed by atoms with van der Waals surface area (Å²) in [6.07, 6.45) is -2.77. The summed E-state index contributed by atoms with van der Waals surface area (Å²) in [6, 6.07) is 5.27. The fourth-order valence-corrected chi connectivity index (χ4v) is 3.55. The van der Waals surface area contributed by atoms with Crippen molar-refractivity contribution in [2.24, 2.45) is 7.05 Å². The largest absolute Gasteiger partial charge is 0.416 e. The normalized spacial score (nSPS) is 16.6. The fraction of sp³-hybridized carbons (Fsp3) is 0.300. The summed E-state index contributed by atoms with van der Waals surface area (Å²) in [7, 11) is 3.33. The van der Waals surface area contributed by atoms with Crippen LogP contribution in [0.4, 0.5) is 29.6 Å². The standard InChI is InChI=1S/C20H19F3N6O2/c1-11-8-13(20(21,22)23)9-16(25-11)29-14(10-24-19(29)31)18(30)28(3)15-5-4-12-6-7-27(2)17(12)26-15/h4-9,14H,10H2,1-3H3,(H,24,31)/t14-/m0/s1. The van der Waals surface area contributed by atoms with E-state index in [1.807, 2.05) is 25.4 Å². The van der Waals surface area contributed by atoms with Gasteiger partial charge in [0.15, 0.2) is 0 Å². The van der Waals surface area contributed by atoms with Gasteiger partial charge < -0.3 is 9.88 Å². The smallest absolute Gasteiger partial charge is 0.336 e. The van der Waals surface area contributed by atoms with Crippen LogP contribution in [0.2, 0.25) is 0 Å². The number of fused-ring (bicyclic) bond motifs is 1. The SMILES string of the molecule is Cc1cc(C(F)(F)F)cc(N2C(=O)NC[C@H]2C(=O)N(C)c2ccc3ccn(C)c3n2)n1. The molecule has 0 spiro atoms. The summed E-state index contributed by atoms with van der Waals surface area (Å²) in [5.74, 6) is -0.386. The number of hydrogen-bond donors (Lipinski definition) is 1. The number of aromatic nitrogens is 3. The third-order valence-corrected chi connectivity index (χ3v) is 5.15. The molecule has 1 aliphatic heterocycles. The van der Waals surface area contributed by atoms with Gasteiger partial charge in [-0.25, -0.2) is 14.8 Å². The van der Waals surface area contributed by atoms with Gasteiger partial charge in [-0.2, -0.15) is 13.2 Å². The van der Waals surface area contributed by atoms with Crippen LogP contribution in [0.15, 0.2) is 36.5 Å². The lowest BCUT2D eigenvalue weighted by Gasteiger charge is -2.26. The van der Waals surface area contributed by atoms with Gasteiger partial charge in [-0.1, -0.05) is 0 Å². The van der Waals surface area contributed by atoms with Gasteiger partial charge in [0.25, 0.3) is 5.91 Å². The Hall–Kier alpha value is -3.63. The Morgan fingerprint density at radius 3 is 2.68 bits per heavy atom. The van der Waals surface area contributed by atoms with Gasteiger partial charge >= 0.3 is 12.2 Å². The lowest BCUT2D eigenvalue weighted by molar-refractivity contribution is -0.137. The van der Waals surface area contributed by atoms with Crippen LogP contribution >= 0.6 is 0 Å². The highest BCUT2D eigenvalue weighted by atomic mass is 19.4. The lowest BCUT2D eigenvalue weighted by Crippen LogP contribution is -2.47. The summed E-state index contributed by atoms with van der Waals surface area (Å²) in [5.41, 5.74) is -0.185. The van der Waals surface area contributed by atoms with Crippen molar-refractivity contribution in [2.45, 2.75) is 19.1 Å². The maximum absolute atomic E-state index is 13.2. The van der Waals surface area contributed by atoms with E-state index in [9.17, 15) is 22.8 Å². The molecule has 3 aromatic rings. The third kappa shape index (κ3) is 3.66. The topological polar surface area (TPSA) is 83.4 Å². The van der Waals surface area contributed by atoms with Crippen LogP contribution in [0.3, 0.4) is 0 Å². The Kier molecular flexibility index (Phi) is 4.83. The van der Waals surface area contributed by atoms with Gasteiger partial charge in [0, 0.05) is 37.9 Å². The molecule has 0 unspecified atom stereocenters. The highest BCUT2D eigenvalue weighted by Gasteiger charge is 2.41. The van der Waals surface area contributed by atoms with Gasteiger partial charge in [-0.15, -0.1) is 0 Å². The minimum atomic E-state index is -4.61. The average Bonchev–Trinajstić information content (AvgIpc) is 3.28. The molecular weight excluding hydrogens is 413 g/mol. The molecule has 1 N–H and O–H groups in total. The molecule has 1 aliphatic rings. The monoisotopic (exact) mass is 432 g/mol.